The van der Waals surface area contributed by atoms with Gasteiger partial charge in [0.05, 0.1) is 20.3 Å². The number of carbonyl (C=O) groups is 2. The quantitative estimate of drug-likeness (QED) is 0.870. The summed E-state index contributed by atoms with van der Waals surface area (Å²) in [6.07, 6.45) is 0.791. The van der Waals surface area contributed by atoms with Gasteiger partial charge in [0.2, 0.25) is 11.8 Å². The number of amides is 2. The standard InChI is InChI=1S/C17H24N2O4/c1-11(2)7-16(20)18-12-8-17(21)19(10-12)13-5-6-14(22-3)15(9-13)23-4/h5-6,9,11-12H,7-8,10H2,1-4H3,(H,18,20)/t12-/m0/s1. The molecule has 1 aromatic carbocycles. The van der Waals surface area contributed by atoms with Gasteiger partial charge in [-0.05, 0) is 18.1 Å². The lowest BCUT2D eigenvalue weighted by Crippen LogP contribution is -2.37. The van der Waals surface area contributed by atoms with Crippen molar-refractivity contribution < 1.29 is 19.1 Å². The number of hydrogen-bond acceptors (Lipinski definition) is 4. The third kappa shape index (κ3) is 4.15. The van der Waals surface area contributed by atoms with E-state index in [1.54, 1.807) is 31.3 Å². The highest BCUT2D eigenvalue weighted by Gasteiger charge is 2.32. The average Bonchev–Trinajstić information content (AvgIpc) is 2.85. The lowest BCUT2D eigenvalue weighted by molar-refractivity contribution is -0.122. The van der Waals surface area contributed by atoms with E-state index in [1.165, 1.54) is 0 Å². The molecule has 1 N–H and O–H groups in total. The van der Waals surface area contributed by atoms with Gasteiger partial charge in [-0.25, -0.2) is 0 Å². The molecule has 1 aliphatic heterocycles. The predicted octanol–water partition coefficient (Wildman–Crippen LogP) is 1.97. The van der Waals surface area contributed by atoms with Crippen molar-refractivity contribution in [1.29, 1.82) is 0 Å². The molecule has 0 bridgehead atoms. The number of nitrogens with one attached hydrogen (secondary N) is 1. The fourth-order valence-corrected chi connectivity index (χ4v) is 2.70. The van der Waals surface area contributed by atoms with Gasteiger partial charge in [0.1, 0.15) is 0 Å². The van der Waals surface area contributed by atoms with Gasteiger partial charge in [0, 0.05) is 31.1 Å². The second-order valence-corrected chi connectivity index (χ2v) is 6.11. The van der Waals surface area contributed by atoms with Gasteiger partial charge in [-0.3, -0.25) is 9.59 Å². The van der Waals surface area contributed by atoms with Crippen LogP contribution < -0.4 is 19.7 Å². The van der Waals surface area contributed by atoms with Crippen molar-refractivity contribution in [2.45, 2.75) is 32.7 Å². The summed E-state index contributed by atoms with van der Waals surface area (Å²) < 4.78 is 10.5. The minimum atomic E-state index is -0.151. The lowest BCUT2D eigenvalue weighted by Gasteiger charge is -2.19. The van der Waals surface area contributed by atoms with E-state index in [-0.39, 0.29) is 17.9 Å². The summed E-state index contributed by atoms with van der Waals surface area (Å²) in [4.78, 5) is 25.8. The van der Waals surface area contributed by atoms with E-state index in [0.717, 1.165) is 5.69 Å². The Kier molecular flexibility index (Phi) is 5.47. The maximum Gasteiger partial charge on any atom is 0.229 e. The zero-order chi connectivity index (χ0) is 17.0. The van der Waals surface area contributed by atoms with Crippen LogP contribution in [0.1, 0.15) is 26.7 Å². The summed E-state index contributed by atoms with van der Waals surface area (Å²) >= 11 is 0. The molecule has 23 heavy (non-hydrogen) atoms. The number of hydrogen-bond donors (Lipinski definition) is 1. The molecule has 1 fully saturated rings. The predicted molar refractivity (Wildman–Crippen MR) is 87.9 cm³/mol. The van der Waals surface area contributed by atoms with Crippen molar-refractivity contribution in [1.82, 2.24) is 5.32 Å². The Bertz CT molecular complexity index is 586. The number of carbonyl (C=O) groups excluding carboxylic acids is 2. The van der Waals surface area contributed by atoms with Crippen LogP contribution in [0.4, 0.5) is 5.69 Å². The average molecular weight is 320 g/mol. The topological polar surface area (TPSA) is 67.9 Å². The maximum atomic E-state index is 12.2. The third-order valence-corrected chi connectivity index (χ3v) is 3.76. The Hall–Kier alpha value is -2.24. The summed E-state index contributed by atoms with van der Waals surface area (Å²) in [7, 11) is 3.13. The zero-order valence-corrected chi connectivity index (χ0v) is 14.1. The smallest absolute Gasteiger partial charge is 0.229 e. The Labute approximate surface area is 136 Å². The van der Waals surface area contributed by atoms with Crippen LogP contribution in [-0.4, -0.2) is 38.6 Å². The number of nitrogens with zero attached hydrogens (tertiary/aromatic N) is 1. The van der Waals surface area contributed by atoms with Crippen molar-refractivity contribution in [2.75, 3.05) is 25.7 Å². The maximum absolute atomic E-state index is 12.2. The molecule has 6 nitrogen and oxygen atoms in total. The van der Waals surface area contributed by atoms with Crippen molar-refractivity contribution in [2.24, 2.45) is 5.92 Å². The van der Waals surface area contributed by atoms with Crippen molar-refractivity contribution >= 4 is 17.5 Å². The van der Waals surface area contributed by atoms with Gasteiger partial charge in [-0.15, -0.1) is 0 Å². The molecule has 0 unspecified atom stereocenters. The number of rotatable bonds is 6. The first-order valence-electron chi connectivity index (χ1n) is 7.76. The third-order valence-electron chi connectivity index (χ3n) is 3.76. The molecule has 0 saturated carbocycles. The van der Waals surface area contributed by atoms with Crippen LogP contribution in [0.2, 0.25) is 0 Å². The molecular formula is C17H24N2O4. The number of benzene rings is 1. The highest BCUT2D eigenvalue weighted by molar-refractivity contribution is 5.97. The number of methoxy groups -OCH3 is 2. The Balaban J connectivity index is 2.07. The van der Waals surface area contributed by atoms with Crippen LogP contribution in [0, 0.1) is 5.92 Å². The molecule has 126 valence electrons. The summed E-state index contributed by atoms with van der Waals surface area (Å²) in [6.45, 7) is 4.46. The van der Waals surface area contributed by atoms with E-state index >= 15 is 0 Å². The van der Waals surface area contributed by atoms with E-state index in [9.17, 15) is 9.59 Å². The molecule has 1 atom stereocenters. The molecule has 1 heterocycles. The molecule has 1 saturated heterocycles. The first-order chi connectivity index (χ1) is 10.9. The second-order valence-electron chi connectivity index (χ2n) is 6.11. The number of anilines is 1. The molecule has 0 aromatic heterocycles. The monoisotopic (exact) mass is 320 g/mol. The molecule has 2 rings (SSSR count). The number of ether oxygens (including phenoxy) is 2. The first-order valence-corrected chi connectivity index (χ1v) is 7.76. The van der Waals surface area contributed by atoms with Gasteiger partial charge in [-0.2, -0.15) is 0 Å². The van der Waals surface area contributed by atoms with Crippen molar-refractivity contribution in [3.8, 4) is 11.5 Å². The van der Waals surface area contributed by atoms with Crippen LogP contribution in [0.25, 0.3) is 0 Å². The van der Waals surface area contributed by atoms with Gasteiger partial charge < -0.3 is 19.7 Å². The van der Waals surface area contributed by atoms with E-state index in [1.807, 2.05) is 19.9 Å². The summed E-state index contributed by atoms with van der Waals surface area (Å²) in [5, 5.41) is 2.93. The molecule has 0 radical (unpaired) electrons. The van der Waals surface area contributed by atoms with Gasteiger partial charge in [0.25, 0.3) is 0 Å². The van der Waals surface area contributed by atoms with Crippen LogP contribution >= 0.6 is 0 Å². The van der Waals surface area contributed by atoms with Crippen LogP contribution in [0.5, 0.6) is 11.5 Å². The highest BCUT2D eigenvalue weighted by atomic mass is 16.5. The van der Waals surface area contributed by atoms with Gasteiger partial charge >= 0.3 is 0 Å². The molecule has 6 heteroatoms. The Morgan fingerprint density at radius 1 is 1.30 bits per heavy atom. The minimum Gasteiger partial charge on any atom is -0.493 e. The van der Waals surface area contributed by atoms with E-state index < -0.39 is 0 Å². The first kappa shape index (κ1) is 17.1. The Morgan fingerprint density at radius 3 is 2.61 bits per heavy atom. The zero-order valence-electron chi connectivity index (χ0n) is 14.1. The van der Waals surface area contributed by atoms with E-state index in [4.69, 9.17) is 9.47 Å². The molecule has 0 spiro atoms. The molecule has 0 aliphatic carbocycles. The highest BCUT2D eigenvalue weighted by Crippen LogP contribution is 2.33. The van der Waals surface area contributed by atoms with E-state index in [2.05, 4.69) is 5.32 Å². The molecule has 1 aliphatic rings. The second kappa shape index (κ2) is 7.35. The fraction of sp³-hybridized carbons (Fsp3) is 0.529. The summed E-state index contributed by atoms with van der Waals surface area (Å²) in [5.74, 6) is 1.47. The lowest BCUT2D eigenvalue weighted by atomic mass is 10.1. The van der Waals surface area contributed by atoms with Crippen LogP contribution in [-0.2, 0) is 9.59 Å². The largest absolute Gasteiger partial charge is 0.493 e. The fourth-order valence-electron chi connectivity index (χ4n) is 2.70. The van der Waals surface area contributed by atoms with Crippen LogP contribution in [0.3, 0.4) is 0 Å². The van der Waals surface area contributed by atoms with Gasteiger partial charge in [-0.1, -0.05) is 13.8 Å². The SMILES string of the molecule is COc1ccc(N2C[C@@H](NC(=O)CC(C)C)CC2=O)cc1OC. The molecule has 2 amide bonds. The normalized spacial score (nSPS) is 17.5. The summed E-state index contributed by atoms with van der Waals surface area (Å²) in [5.41, 5.74) is 0.744. The summed E-state index contributed by atoms with van der Waals surface area (Å²) in [6, 6.07) is 5.21. The molecular weight excluding hydrogens is 296 g/mol. The minimum absolute atomic E-state index is 0.00735. The van der Waals surface area contributed by atoms with E-state index in [0.29, 0.717) is 36.8 Å². The van der Waals surface area contributed by atoms with Gasteiger partial charge in [0.15, 0.2) is 11.5 Å². The Morgan fingerprint density at radius 2 is 2.00 bits per heavy atom. The van der Waals surface area contributed by atoms with Crippen molar-refractivity contribution in [3.63, 3.8) is 0 Å². The molecule has 1 aromatic rings. The van der Waals surface area contributed by atoms with Crippen molar-refractivity contribution in [3.05, 3.63) is 18.2 Å². The van der Waals surface area contributed by atoms with Crippen LogP contribution in [0.15, 0.2) is 18.2 Å².